The maximum absolute atomic E-state index is 12.4. The maximum atomic E-state index is 12.4. The molecule has 1 atom stereocenters. The van der Waals surface area contributed by atoms with Crippen LogP contribution < -0.4 is 14.1 Å². The molecule has 0 aliphatic heterocycles. The van der Waals surface area contributed by atoms with Gasteiger partial charge >= 0.3 is 144 Å². The van der Waals surface area contributed by atoms with Gasteiger partial charge in [-0.15, -0.1) is 0 Å². The van der Waals surface area contributed by atoms with Crippen molar-refractivity contribution in [2.45, 2.75) is 6.23 Å². The number of nitrogens with one attached hydrogen (secondary N) is 1. The summed E-state index contributed by atoms with van der Waals surface area (Å²) in [5.74, 6) is 0. The third kappa shape index (κ3) is 3.45. The number of hydrogen-bond donors (Lipinski definition) is 4. The molecule has 3 aromatic rings. The predicted octanol–water partition coefficient (Wildman–Crippen LogP) is -0.434. The summed E-state index contributed by atoms with van der Waals surface area (Å²) >= 11 is -4.98. The van der Waals surface area contributed by atoms with Crippen molar-refractivity contribution < 1.29 is 21.5 Å². The van der Waals surface area contributed by atoms with E-state index in [1.54, 1.807) is 12.1 Å². The van der Waals surface area contributed by atoms with Gasteiger partial charge in [0.1, 0.15) is 0 Å². The summed E-state index contributed by atoms with van der Waals surface area (Å²) in [5.41, 5.74) is 0.389. The van der Waals surface area contributed by atoms with Crippen LogP contribution in [0.25, 0.3) is 11.0 Å². The number of aromatic nitrogens is 2. The third-order valence-corrected chi connectivity index (χ3v) is 5.65. The summed E-state index contributed by atoms with van der Waals surface area (Å²) in [6.45, 7) is 0. The number of aliphatic hydroxyl groups excluding tert-OH is 1. The number of anilines is 1. The van der Waals surface area contributed by atoms with Crippen LogP contribution in [0, 0.1) is 10.1 Å². The van der Waals surface area contributed by atoms with Crippen LogP contribution in [0.1, 0.15) is 11.9 Å². The molecule has 130 valence electrons. The first-order valence-corrected chi connectivity index (χ1v) is 10.5. The second-order valence-electron chi connectivity index (χ2n) is 5.30. The molecule has 2 aromatic carbocycles. The Hall–Kier alpha value is -2.58. The molecule has 0 bridgehead atoms. The molecule has 0 saturated heterocycles. The van der Waals surface area contributed by atoms with Gasteiger partial charge in [0, 0.05) is 0 Å². The minimum atomic E-state index is -4.98. The van der Waals surface area contributed by atoms with Gasteiger partial charge in [-0.2, -0.15) is 0 Å². The van der Waals surface area contributed by atoms with Crippen LogP contribution in [0.5, 0.6) is 0 Å². The van der Waals surface area contributed by atoms with Crippen LogP contribution >= 0.6 is 0 Å². The van der Waals surface area contributed by atoms with E-state index in [2.05, 4.69) is 5.32 Å². The Morgan fingerprint density at radius 1 is 1.12 bits per heavy atom. The average Bonchev–Trinajstić information content (AvgIpc) is 2.58. The zero-order valence-electron chi connectivity index (χ0n) is 12.7. The second kappa shape index (κ2) is 6.38. The molecule has 0 aliphatic carbocycles. The van der Waals surface area contributed by atoms with E-state index < -0.39 is 20.4 Å². The van der Waals surface area contributed by atoms with E-state index in [0.717, 1.165) is 6.20 Å². The fourth-order valence-corrected chi connectivity index (χ4v) is 3.50. The second-order valence-corrected chi connectivity index (χ2v) is 8.67. The molecule has 0 fully saturated rings. The van der Waals surface area contributed by atoms with E-state index in [9.17, 15) is 19.0 Å². The van der Waals surface area contributed by atoms with Gasteiger partial charge in [-0.05, 0) is 0 Å². The van der Waals surface area contributed by atoms with Crippen LogP contribution in [0.2, 0.25) is 0 Å². The van der Waals surface area contributed by atoms with Gasteiger partial charge in [0.05, 0.1) is 0 Å². The topological polar surface area (TPSA) is 141 Å². The van der Waals surface area contributed by atoms with E-state index in [1.165, 1.54) is 36.4 Å². The molecule has 1 unspecified atom stereocenters. The molecule has 0 spiro atoms. The zero-order valence-corrected chi connectivity index (χ0v) is 14.6. The molecule has 0 amide bonds. The minimum absolute atomic E-state index is 0.107. The van der Waals surface area contributed by atoms with Gasteiger partial charge in [-0.1, -0.05) is 0 Å². The average molecular weight is 407 g/mol. The van der Waals surface area contributed by atoms with E-state index in [1.807, 2.05) is 0 Å². The molecule has 0 radical (unpaired) electrons. The van der Waals surface area contributed by atoms with Crippen molar-refractivity contribution in [2.24, 2.45) is 0 Å². The summed E-state index contributed by atoms with van der Waals surface area (Å²) in [7, 11) is 0. The van der Waals surface area contributed by atoms with E-state index >= 15 is 0 Å². The van der Waals surface area contributed by atoms with Crippen molar-refractivity contribution in [3.8, 4) is 0 Å². The third-order valence-electron chi connectivity index (χ3n) is 3.61. The molecule has 1 heterocycles. The van der Waals surface area contributed by atoms with Gasteiger partial charge in [0.2, 0.25) is 0 Å². The van der Waals surface area contributed by atoms with Crippen molar-refractivity contribution in [2.75, 3.05) is 5.32 Å². The molecule has 25 heavy (non-hydrogen) atoms. The van der Waals surface area contributed by atoms with Crippen LogP contribution in [0.4, 0.5) is 5.69 Å². The van der Waals surface area contributed by atoms with Crippen molar-refractivity contribution in [3.05, 3.63) is 70.5 Å². The summed E-state index contributed by atoms with van der Waals surface area (Å²) in [4.78, 5) is 12.0. The van der Waals surface area contributed by atoms with E-state index in [-0.39, 0.29) is 21.1 Å². The Bertz CT molecular complexity index is 1030. The number of nitrogens with zero attached hydrogens (tertiary/aromatic N) is 2. The van der Waals surface area contributed by atoms with Gasteiger partial charge in [-0.25, -0.2) is 0 Å². The normalized spacial score (nSPS) is 12.9. The fourth-order valence-electron chi connectivity index (χ4n) is 2.37. The monoisotopic (exact) mass is 407 g/mol. The van der Waals surface area contributed by atoms with Crippen LogP contribution in [-0.4, -0.2) is 32.2 Å². The molecule has 3 rings (SSSR count). The number of rotatable bonds is 4. The molecule has 1 aromatic heterocycles. The molecular weight excluding hydrogens is 393 g/mol. The summed E-state index contributed by atoms with van der Waals surface area (Å²) in [6.07, 6.45) is -0.520. The molecule has 10 heteroatoms. The van der Waals surface area contributed by atoms with E-state index in [4.69, 9.17) is 8.19 Å². The Morgan fingerprint density at radius 3 is 2.40 bits per heavy atom. The number of aliphatic hydroxyl groups is 1. The quantitative estimate of drug-likeness (QED) is 0.261. The van der Waals surface area contributed by atoms with Gasteiger partial charge in [0.25, 0.3) is 0 Å². The first-order chi connectivity index (χ1) is 11.8. The molecular formula is C15H14AsN3O6. The van der Waals surface area contributed by atoms with E-state index in [0.29, 0.717) is 14.8 Å². The summed E-state index contributed by atoms with van der Waals surface area (Å²) in [5, 5.41) is 25.2. The van der Waals surface area contributed by atoms with Crippen molar-refractivity contribution in [1.82, 2.24) is 4.73 Å². The first kappa shape index (κ1) is 17.2. The number of benzene rings is 2. The van der Waals surface area contributed by atoms with Gasteiger partial charge in [0.15, 0.2) is 0 Å². The Labute approximate surface area is 144 Å². The summed E-state index contributed by atoms with van der Waals surface area (Å²) < 4.78 is 30.3. The zero-order chi connectivity index (χ0) is 18.2. The Morgan fingerprint density at radius 2 is 1.76 bits per heavy atom. The van der Waals surface area contributed by atoms with Crippen molar-refractivity contribution in [1.29, 1.82) is 0 Å². The fraction of sp³-hybridized carbons (Fsp3) is 0.0667. The molecule has 0 aliphatic rings. The molecule has 4 N–H and O–H groups in total. The Kier molecular flexibility index (Phi) is 4.40. The predicted molar refractivity (Wildman–Crippen MR) is 89.6 cm³/mol. The van der Waals surface area contributed by atoms with Crippen molar-refractivity contribution >= 4 is 35.2 Å². The number of hydrogen-bond acceptors (Lipinski definition) is 5. The summed E-state index contributed by atoms with van der Waals surface area (Å²) in [6, 6.07) is 11.4. The van der Waals surface area contributed by atoms with Gasteiger partial charge < -0.3 is 0 Å². The number of para-hydroxylation sites is 2. The van der Waals surface area contributed by atoms with Crippen LogP contribution in [0.3, 0.4) is 0 Å². The molecule has 0 saturated carbocycles. The first-order valence-electron chi connectivity index (χ1n) is 7.12. The van der Waals surface area contributed by atoms with Crippen molar-refractivity contribution in [3.63, 3.8) is 0 Å². The number of fused-ring (bicyclic) bond motifs is 1. The van der Waals surface area contributed by atoms with Gasteiger partial charge in [-0.3, -0.25) is 0 Å². The van der Waals surface area contributed by atoms with Crippen LogP contribution in [-0.2, 0) is 3.74 Å². The standard InChI is InChI=1S/C15H14AsN3O6/c20-15(17-11-7-5-10(6-8-11)16(21,22)23)14-9-18(24)12-3-1-2-4-13(12)19(14)25/h1-9,15,17,20H,(H2,21,22,23). The van der Waals surface area contributed by atoms with Crippen LogP contribution in [0.15, 0.2) is 54.7 Å². The molecule has 9 nitrogen and oxygen atoms in total. The Balaban J connectivity index is 1.92. The SMILES string of the molecule is O=[n+]1cc(C(O)Nc2ccc([As](=O)(O)O)cc2)n([O-])c2ccccc21.